The van der Waals surface area contributed by atoms with Gasteiger partial charge in [0.05, 0.1) is 24.5 Å². The van der Waals surface area contributed by atoms with Crippen LogP contribution in [-0.2, 0) is 6.54 Å². The van der Waals surface area contributed by atoms with Crippen molar-refractivity contribution < 1.29 is 5.11 Å². The van der Waals surface area contributed by atoms with Crippen molar-refractivity contribution in [3.8, 4) is 0 Å². The van der Waals surface area contributed by atoms with Crippen LogP contribution in [0.2, 0.25) is 0 Å². The molecule has 0 fully saturated rings. The third kappa shape index (κ3) is 4.06. The maximum atomic E-state index is 12.0. The second-order valence-electron chi connectivity index (χ2n) is 4.86. The Morgan fingerprint density at radius 2 is 2.00 bits per heavy atom. The van der Waals surface area contributed by atoms with Crippen LogP contribution in [0.25, 0.3) is 0 Å². The Bertz CT molecular complexity index is 441. The molecule has 0 aromatic carbocycles. The fraction of sp³-hybridized carbons (Fsp3) is 0.714. The monoisotopic (exact) mass is 267 g/mol. The predicted octanol–water partition coefficient (Wildman–Crippen LogP) is 1.50. The van der Waals surface area contributed by atoms with Gasteiger partial charge in [-0.3, -0.25) is 4.79 Å². The smallest absolute Gasteiger partial charge is 0.268 e. The first-order valence-corrected chi connectivity index (χ1v) is 7.03. The summed E-state index contributed by atoms with van der Waals surface area (Å²) in [5.74, 6) is 0.163. The van der Waals surface area contributed by atoms with Crippen molar-refractivity contribution in [2.45, 2.75) is 46.8 Å². The summed E-state index contributed by atoms with van der Waals surface area (Å²) in [5, 5.41) is 14.1. The minimum absolute atomic E-state index is 0.160. The molecule has 2 atom stereocenters. The van der Waals surface area contributed by atoms with Gasteiger partial charge in [0.25, 0.3) is 5.56 Å². The van der Waals surface area contributed by atoms with E-state index in [0.717, 1.165) is 25.2 Å². The van der Waals surface area contributed by atoms with Crippen molar-refractivity contribution in [3.05, 3.63) is 22.6 Å². The van der Waals surface area contributed by atoms with Crippen molar-refractivity contribution in [3.63, 3.8) is 0 Å². The van der Waals surface area contributed by atoms with Crippen LogP contribution in [0.15, 0.2) is 17.1 Å². The van der Waals surface area contributed by atoms with E-state index in [1.54, 1.807) is 12.3 Å². The van der Waals surface area contributed by atoms with Gasteiger partial charge < -0.3 is 10.0 Å². The van der Waals surface area contributed by atoms with Crippen LogP contribution >= 0.6 is 0 Å². The molecule has 5 heteroatoms. The van der Waals surface area contributed by atoms with E-state index in [1.807, 2.05) is 27.7 Å². The molecule has 0 saturated carbocycles. The van der Waals surface area contributed by atoms with Gasteiger partial charge in [0.2, 0.25) is 0 Å². The maximum absolute atomic E-state index is 12.0. The fourth-order valence-corrected chi connectivity index (χ4v) is 1.95. The van der Waals surface area contributed by atoms with Crippen LogP contribution in [0, 0.1) is 5.92 Å². The van der Waals surface area contributed by atoms with E-state index < -0.39 is 6.10 Å². The Morgan fingerprint density at radius 1 is 1.37 bits per heavy atom. The van der Waals surface area contributed by atoms with E-state index in [1.165, 1.54) is 4.68 Å². The first-order valence-electron chi connectivity index (χ1n) is 7.03. The molecule has 0 aliphatic carbocycles. The minimum atomic E-state index is -0.533. The van der Waals surface area contributed by atoms with Gasteiger partial charge in [0.15, 0.2) is 0 Å². The summed E-state index contributed by atoms with van der Waals surface area (Å²) in [4.78, 5) is 14.1. The van der Waals surface area contributed by atoms with Crippen molar-refractivity contribution in [2.24, 2.45) is 5.92 Å². The Morgan fingerprint density at radius 3 is 2.47 bits per heavy atom. The van der Waals surface area contributed by atoms with Gasteiger partial charge in [-0.15, -0.1) is 0 Å². The lowest BCUT2D eigenvalue weighted by molar-refractivity contribution is 0.0912. The molecular weight excluding hydrogens is 242 g/mol. The van der Waals surface area contributed by atoms with E-state index in [2.05, 4.69) is 10.00 Å². The SMILES string of the molecule is CCC(C)C(O)Cn1ncc(N(CC)CC)cc1=O. The molecule has 5 nitrogen and oxygen atoms in total. The van der Waals surface area contributed by atoms with Crippen LogP contribution in [0.5, 0.6) is 0 Å². The number of rotatable bonds is 7. The minimum Gasteiger partial charge on any atom is -0.391 e. The van der Waals surface area contributed by atoms with Crippen LogP contribution in [0.4, 0.5) is 5.69 Å². The Balaban J connectivity index is 2.86. The molecule has 19 heavy (non-hydrogen) atoms. The first-order chi connectivity index (χ1) is 9.03. The van der Waals surface area contributed by atoms with Gasteiger partial charge >= 0.3 is 0 Å². The Labute approximate surface area is 114 Å². The topological polar surface area (TPSA) is 58.4 Å². The van der Waals surface area contributed by atoms with E-state index in [-0.39, 0.29) is 18.0 Å². The van der Waals surface area contributed by atoms with Gasteiger partial charge in [0.1, 0.15) is 0 Å². The van der Waals surface area contributed by atoms with Gasteiger partial charge in [0, 0.05) is 19.2 Å². The molecule has 0 aliphatic heterocycles. The van der Waals surface area contributed by atoms with E-state index in [4.69, 9.17) is 0 Å². The first kappa shape index (κ1) is 15.7. The fourth-order valence-electron chi connectivity index (χ4n) is 1.95. The highest BCUT2D eigenvalue weighted by atomic mass is 16.3. The van der Waals surface area contributed by atoms with Gasteiger partial charge in [-0.25, -0.2) is 4.68 Å². The van der Waals surface area contributed by atoms with Crippen molar-refractivity contribution >= 4 is 5.69 Å². The van der Waals surface area contributed by atoms with Gasteiger partial charge in [-0.05, 0) is 19.8 Å². The number of hydrogen-bond donors (Lipinski definition) is 1. The highest BCUT2D eigenvalue weighted by molar-refractivity contribution is 5.42. The number of aromatic nitrogens is 2. The average Bonchev–Trinajstić information content (AvgIpc) is 2.42. The molecule has 0 radical (unpaired) electrons. The van der Waals surface area contributed by atoms with Crippen LogP contribution < -0.4 is 10.5 Å². The molecule has 0 saturated heterocycles. The molecular formula is C14H25N3O2. The summed E-state index contributed by atoms with van der Waals surface area (Å²) >= 11 is 0. The molecule has 0 spiro atoms. The molecule has 0 bridgehead atoms. The lowest BCUT2D eigenvalue weighted by atomic mass is 10.0. The number of aliphatic hydroxyl groups is 1. The molecule has 108 valence electrons. The lowest BCUT2D eigenvalue weighted by Gasteiger charge is -2.21. The second kappa shape index (κ2) is 7.28. The molecule has 1 heterocycles. The molecule has 1 aromatic rings. The molecule has 0 aliphatic rings. The average molecular weight is 267 g/mol. The van der Waals surface area contributed by atoms with E-state index in [0.29, 0.717) is 0 Å². The third-order valence-corrected chi connectivity index (χ3v) is 3.64. The quantitative estimate of drug-likeness (QED) is 0.813. The molecule has 1 rings (SSSR count). The summed E-state index contributed by atoms with van der Waals surface area (Å²) in [6.45, 7) is 10.0. The zero-order chi connectivity index (χ0) is 14.4. The Hall–Kier alpha value is -1.36. The van der Waals surface area contributed by atoms with Crippen LogP contribution in [0.3, 0.4) is 0 Å². The summed E-state index contributed by atoms with van der Waals surface area (Å²) in [6.07, 6.45) is 2.04. The van der Waals surface area contributed by atoms with E-state index >= 15 is 0 Å². The number of anilines is 1. The molecule has 0 amide bonds. The normalized spacial score (nSPS) is 14.2. The molecule has 1 N–H and O–H groups in total. The molecule has 1 aromatic heterocycles. The summed E-state index contributed by atoms with van der Waals surface area (Å²) in [5.41, 5.74) is 0.677. The number of aliphatic hydroxyl groups excluding tert-OH is 1. The van der Waals surface area contributed by atoms with Gasteiger partial charge in [-0.2, -0.15) is 5.10 Å². The highest BCUT2D eigenvalue weighted by Gasteiger charge is 2.14. The second-order valence-corrected chi connectivity index (χ2v) is 4.86. The van der Waals surface area contributed by atoms with E-state index in [9.17, 15) is 9.90 Å². The summed E-state index contributed by atoms with van der Waals surface area (Å²) < 4.78 is 1.34. The maximum Gasteiger partial charge on any atom is 0.268 e. The highest BCUT2D eigenvalue weighted by Crippen LogP contribution is 2.10. The summed E-state index contributed by atoms with van der Waals surface area (Å²) in [7, 11) is 0. The standard InChI is InChI=1S/C14H25N3O2/c1-5-11(4)13(18)10-17-14(19)8-12(9-15-17)16(6-2)7-3/h8-9,11,13,18H,5-7,10H2,1-4H3. The Kier molecular flexibility index (Phi) is 6.02. The largest absolute Gasteiger partial charge is 0.391 e. The van der Waals surface area contributed by atoms with Crippen LogP contribution in [0.1, 0.15) is 34.1 Å². The molecule has 2 unspecified atom stereocenters. The van der Waals surface area contributed by atoms with Gasteiger partial charge in [-0.1, -0.05) is 20.3 Å². The summed E-state index contributed by atoms with van der Waals surface area (Å²) in [6, 6.07) is 1.59. The predicted molar refractivity (Wildman–Crippen MR) is 77.5 cm³/mol. The zero-order valence-corrected chi connectivity index (χ0v) is 12.3. The zero-order valence-electron chi connectivity index (χ0n) is 12.3. The van der Waals surface area contributed by atoms with Crippen molar-refractivity contribution in [1.82, 2.24) is 9.78 Å². The lowest BCUT2D eigenvalue weighted by Crippen LogP contribution is -2.33. The van der Waals surface area contributed by atoms with Crippen LogP contribution in [-0.4, -0.2) is 34.1 Å². The number of hydrogen-bond acceptors (Lipinski definition) is 4. The van der Waals surface area contributed by atoms with Crippen molar-refractivity contribution in [2.75, 3.05) is 18.0 Å². The number of nitrogens with zero attached hydrogens (tertiary/aromatic N) is 3. The third-order valence-electron chi connectivity index (χ3n) is 3.64. The van der Waals surface area contributed by atoms with Crippen molar-refractivity contribution in [1.29, 1.82) is 0 Å².